The average molecular weight is 997 g/mol. The fraction of sp³-hybridized carbons (Fsp3) is 0. The molecule has 15 rings (SSSR count). The first-order valence-corrected chi connectivity index (χ1v) is 26.5. The largest absolute Gasteiger partial charge is 0.456 e. The van der Waals surface area contributed by atoms with E-state index in [-0.39, 0.29) is 0 Å². The Bertz CT molecular complexity index is 4710. The van der Waals surface area contributed by atoms with Crippen molar-refractivity contribution in [1.29, 1.82) is 0 Å². The smallest absolute Gasteiger partial charge is 0.147 e. The van der Waals surface area contributed by atoms with Crippen LogP contribution >= 0.6 is 0 Å². The van der Waals surface area contributed by atoms with Crippen molar-refractivity contribution >= 4 is 99.5 Å². The first kappa shape index (κ1) is 45.0. The summed E-state index contributed by atoms with van der Waals surface area (Å²) < 4.78 is 13.8. The summed E-state index contributed by atoms with van der Waals surface area (Å²) in [6.07, 6.45) is 0. The predicted octanol–water partition coefficient (Wildman–Crippen LogP) is 21.4. The van der Waals surface area contributed by atoms with E-state index >= 15 is 0 Å². The molecule has 78 heavy (non-hydrogen) atoms. The van der Waals surface area contributed by atoms with Crippen LogP contribution in [0.15, 0.2) is 300 Å². The number of furan rings is 2. The summed E-state index contributed by atoms with van der Waals surface area (Å²) in [5, 5.41) is 8.55. The lowest BCUT2D eigenvalue weighted by molar-refractivity contribution is 0.663. The van der Waals surface area contributed by atoms with E-state index in [1.54, 1.807) is 0 Å². The molecule has 0 atom stereocenters. The molecule has 0 N–H and O–H groups in total. The minimum atomic E-state index is 0.793. The summed E-state index contributed by atoms with van der Waals surface area (Å²) in [7, 11) is 0. The third-order valence-electron chi connectivity index (χ3n) is 15.4. The average Bonchev–Trinajstić information content (AvgIpc) is 4.17. The van der Waals surface area contributed by atoms with E-state index < -0.39 is 0 Å². The van der Waals surface area contributed by atoms with Crippen molar-refractivity contribution < 1.29 is 8.83 Å². The van der Waals surface area contributed by atoms with Gasteiger partial charge in [-0.1, -0.05) is 182 Å². The maximum absolute atomic E-state index is 7.01. The fourth-order valence-corrected chi connectivity index (χ4v) is 11.6. The van der Waals surface area contributed by atoms with Crippen molar-refractivity contribution in [3.05, 3.63) is 291 Å². The minimum Gasteiger partial charge on any atom is -0.456 e. The Labute approximate surface area is 451 Å². The zero-order chi connectivity index (χ0) is 51.5. The summed E-state index contributed by atoms with van der Waals surface area (Å²) in [5.74, 6) is 0. The highest BCUT2D eigenvalue weighted by Gasteiger charge is 2.23. The number of para-hydroxylation sites is 2. The highest BCUT2D eigenvalue weighted by atomic mass is 16.3. The van der Waals surface area contributed by atoms with Crippen molar-refractivity contribution in [2.45, 2.75) is 0 Å². The molecule has 0 unspecified atom stereocenters. The van der Waals surface area contributed by atoms with Crippen molar-refractivity contribution in [3.63, 3.8) is 0 Å². The van der Waals surface area contributed by atoms with E-state index in [0.29, 0.717) is 0 Å². The number of hydrogen-bond acceptors (Lipinski definition) is 4. The second-order valence-electron chi connectivity index (χ2n) is 20.0. The fourth-order valence-electron chi connectivity index (χ4n) is 11.6. The van der Waals surface area contributed by atoms with Gasteiger partial charge in [-0.2, -0.15) is 0 Å². The molecule has 2 aromatic heterocycles. The standard InChI is InChI=1S/C74H48N2O2/c1-7-19-49(20-8-1)53-33-38-68(64(43-53)51-23-11-3-12-24-51)75(59-27-15-5-16-28-59)61-35-31-55-45-66-63-37-40-70-73(74(63)78-71(66)47-57(55)41-61)67-46-56-32-36-62(42-58(56)48-72(67)77-70)76(60-29-17-6-18-30-60)69-39-34-54(50-21-9-2-10-22-50)44-65(69)52-25-13-4-14-26-52/h1-48H. The SMILES string of the molecule is c1ccc(-c2ccc(N(c3ccccc3)c3ccc4cc5c(cc4c3)oc3c5ccc4oc5cc6cc(N(c7ccccc7)c7ccc(-c8ccccc8)cc7-c7ccccc7)ccc6cc5c43)c(-c3ccccc3)c2)cc1. The van der Waals surface area contributed by atoms with Gasteiger partial charge in [0.15, 0.2) is 0 Å². The molecule has 0 fully saturated rings. The van der Waals surface area contributed by atoms with Gasteiger partial charge in [-0.15, -0.1) is 0 Å². The number of rotatable bonds is 10. The van der Waals surface area contributed by atoms with E-state index in [1.165, 1.54) is 22.3 Å². The molecule has 0 radical (unpaired) electrons. The highest BCUT2D eigenvalue weighted by molar-refractivity contribution is 6.24. The Morgan fingerprint density at radius 1 is 0.231 bits per heavy atom. The van der Waals surface area contributed by atoms with Crippen molar-refractivity contribution in [1.82, 2.24) is 0 Å². The Morgan fingerprint density at radius 3 is 1.13 bits per heavy atom. The Morgan fingerprint density at radius 2 is 0.654 bits per heavy atom. The number of benzene rings is 13. The zero-order valence-corrected chi connectivity index (χ0v) is 42.4. The monoisotopic (exact) mass is 996 g/mol. The van der Waals surface area contributed by atoms with Gasteiger partial charge in [0, 0.05) is 50.0 Å². The van der Waals surface area contributed by atoms with E-state index in [0.717, 1.165) is 122 Å². The third-order valence-corrected chi connectivity index (χ3v) is 15.4. The van der Waals surface area contributed by atoms with E-state index in [9.17, 15) is 0 Å². The Balaban J connectivity index is 0.841. The van der Waals surface area contributed by atoms with E-state index in [1.807, 2.05) is 0 Å². The molecule has 4 heteroatoms. The molecule has 0 spiro atoms. The van der Waals surface area contributed by atoms with Gasteiger partial charge in [-0.25, -0.2) is 0 Å². The lowest BCUT2D eigenvalue weighted by Crippen LogP contribution is -2.11. The predicted molar refractivity (Wildman–Crippen MR) is 327 cm³/mol. The molecule has 366 valence electrons. The normalized spacial score (nSPS) is 11.6. The highest BCUT2D eigenvalue weighted by Crippen LogP contribution is 2.47. The summed E-state index contributed by atoms with van der Waals surface area (Å²) >= 11 is 0. The molecule has 0 aliphatic rings. The van der Waals surface area contributed by atoms with Crippen LogP contribution in [0.25, 0.3) is 110 Å². The first-order chi connectivity index (χ1) is 38.6. The van der Waals surface area contributed by atoms with Crippen molar-refractivity contribution in [2.75, 3.05) is 9.80 Å². The minimum absolute atomic E-state index is 0.793. The summed E-state index contributed by atoms with van der Waals surface area (Å²) in [5.41, 5.74) is 19.0. The Hall–Kier alpha value is -10.4. The molecule has 0 aliphatic heterocycles. The van der Waals surface area contributed by atoms with Gasteiger partial charge in [-0.3, -0.25) is 0 Å². The maximum Gasteiger partial charge on any atom is 0.147 e. The number of fused-ring (bicyclic) bond motifs is 9. The first-order valence-electron chi connectivity index (χ1n) is 26.5. The molecule has 4 nitrogen and oxygen atoms in total. The van der Waals surface area contributed by atoms with Crippen LogP contribution in [0.5, 0.6) is 0 Å². The van der Waals surface area contributed by atoms with Gasteiger partial charge in [0.25, 0.3) is 0 Å². The second-order valence-corrected chi connectivity index (χ2v) is 20.0. The molecular weight excluding hydrogens is 949 g/mol. The van der Waals surface area contributed by atoms with Gasteiger partial charge in [0.05, 0.1) is 16.8 Å². The van der Waals surface area contributed by atoms with E-state index in [2.05, 4.69) is 301 Å². The van der Waals surface area contributed by atoms with Crippen LogP contribution in [0.2, 0.25) is 0 Å². The molecule has 0 bridgehead atoms. The van der Waals surface area contributed by atoms with Gasteiger partial charge < -0.3 is 18.6 Å². The topological polar surface area (TPSA) is 32.8 Å². The molecule has 0 amide bonds. The van der Waals surface area contributed by atoms with Gasteiger partial charge >= 0.3 is 0 Å². The quantitative estimate of drug-likeness (QED) is 0.137. The van der Waals surface area contributed by atoms with Crippen LogP contribution in [-0.2, 0) is 0 Å². The van der Waals surface area contributed by atoms with Crippen molar-refractivity contribution in [2.24, 2.45) is 0 Å². The lowest BCUT2D eigenvalue weighted by atomic mass is 9.96. The van der Waals surface area contributed by atoms with Crippen LogP contribution in [-0.4, -0.2) is 0 Å². The third kappa shape index (κ3) is 7.86. The second kappa shape index (κ2) is 18.7. The van der Waals surface area contributed by atoms with Gasteiger partial charge in [0.2, 0.25) is 0 Å². The summed E-state index contributed by atoms with van der Waals surface area (Å²) in [4.78, 5) is 4.74. The van der Waals surface area contributed by atoms with Crippen LogP contribution < -0.4 is 9.80 Å². The molecule has 0 saturated carbocycles. The molecular formula is C74H48N2O2. The lowest BCUT2D eigenvalue weighted by Gasteiger charge is -2.28. The van der Waals surface area contributed by atoms with Crippen LogP contribution in [0.3, 0.4) is 0 Å². The Kier molecular flexibility index (Phi) is 10.8. The van der Waals surface area contributed by atoms with Crippen LogP contribution in [0.4, 0.5) is 34.1 Å². The number of anilines is 6. The molecule has 0 aliphatic carbocycles. The van der Waals surface area contributed by atoms with E-state index in [4.69, 9.17) is 8.83 Å². The maximum atomic E-state index is 7.01. The van der Waals surface area contributed by atoms with Gasteiger partial charge in [-0.05, 0) is 164 Å². The number of nitrogens with zero attached hydrogens (tertiary/aromatic N) is 2. The van der Waals surface area contributed by atoms with Gasteiger partial charge in [0.1, 0.15) is 22.3 Å². The molecule has 2 heterocycles. The molecule has 15 aromatic rings. The van der Waals surface area contributed by atoms with Crippen LogP contribution in [0.1, 0.15) is 0 Å². The zero-order valence-electron chi connectivity index (χ0n) is 42.4. The molecule has 0 saturated heterocycles. The summed E-state index contributed by atoms with van der Waals surface area (Å²) in [6, 6.07) is 104. The van der Waals surface area contributed by atoms with Crippen LogP contribution in [0, 0.1) is 0 Å². The number of hydrogen-bond donors (Lipinski definition) is 0. The molecule has 13 aromatic carbocycles. The van der Waals surface area contributed by atoms with Crippen molar-refractivity contribution in [3.8, 4) is 44.5 Å². The summed E-state index contributed by atoms with van der Waals surface area (Å²) in [6.45, 7) is 0.